The molecule has 0 atom stereocenters. The van der Waals surface area contributed by atoms with Gasteiger partial charge in [-0.2, -0.15) is 0 Å². The Morgan fingerprint density at radius 2 is 1.92 bits per heavy atom. The highest BCUT2D eigenvalue weighted by molar-refractivity contribution is 7.22. The molecule has 3 aromatic heterocycles. The molecule has 0 unspecified atom stereocenters. The molecule has 1 amide bonds. The number of fused-ring (bicyclic) bond motifs is 1. The summed E-state index contributed by atoms with van der Waals surface area (Å²) in [7, 11) is 0. The maximum Gasteiger partial charge on any atom is 0.267 e. The number of nitrogens with one attached hydrogen (secondary N) is 1. The number of hydrogen-bond acceptors (Lipinski definition) is 7. The van der Waals surface area contributed by atoms with Gasteiger partial charge in [-0.15, -0.1) is 11.3 Å². The Bertz CT molecular complexity index is 1010. The first-order valence-corrected chi connectivity index (χ1v) is 8.68. The van der Waals surface area contributed by atoms with Crippen LogP contribution in [0.1, 0.15) is 9.67 Å². The maximum atomic E-state index is 12.4. The predicted molar refractivity (Wildman–Crippen MR) is 97.3 cm³/mol. The van der Waals surface area contributed by atoms with Crippen LogP contribution in [0.3, 0.4) is 0 Å². The van der Waals surface area contributed by atoms with Crippen molar-refractivity contribution < 1.29 is 4.79 Å². The molecule has 0 radical (unpaired) electrons. The third-order valence-corrected chi connectivity index (χ3v) is 5.33. The first kappa shape index (κ1) is 14.7. The molecule has 3 heterocycles. The van der Waals surface area contributed by atoms with E-state index < -0.39 is 0 Å². The minimum atomic E-state index is -0.188. The van der Waals surface area contributed by atoms with Crippen LogP contribution in [0.4, 0.5) is 11.1 Å². The smallest absolute Gasteiger partial charge is 0.267 e. The lowest BCUT2D eigenvalue weighted by molar-refractivity contribution is 0.103. The highest BCUT2D eigenvalue weighted by atomic mass is 32.1. The zero-order valence-corrected chi connectivity index (χ0v) is 13.9. The van der Waals surface area contributed by atoms with Crippen LogP contribution in [0.25, 0.3) is 20.8 Å². The van der Waals surface area contributed by atoms with E-state index in [4.69, 9.17) is 5.73 Å². The maximum absolute atomic E-state index is 12.4. The van der Waals surface area contributed by atoms with Gasteiger partial charge >= 0.3 is 0 Å². The summed E-state index contributed by atoms with van der Waals surface area (Å²) in [5.74, 6) is 0.0220. The molecule has 24 heavy (non-hydrogen) atoms. The van der Waals surface area contributed by atoms with E-state index in [1.165, 1.54) is 22.7 Å². The van der Waals surface area contributed by atoms with Crippen molar-refractivity contribution in [2.24, 2.45) is 0 Å². The van der Waals surface area contributed by atoms with Crippen molar-refractivity contribution in [3.05, 3.63) is 53.5 Å². The number of carbonyl (C=O) groups is 1. The van der Waals surface area contributed by atoms with Gasteiger partial charge in [-0.1, -0.05) is 23.5 Å². The molecule has 6 nitrogen and oxygen atoms in total. The number of anilines is 2. The molecule has 0 saturated carbocycles. The van der Waals surface area contributed by atoms with Gasteiger partial charge in [-0.05, 0) is 30.3 Å². The number of nitrogens with two attached hydrogens (primary N) is 1. The number of nitrogens with zero attached hydrogens (tertiary/aromatic N) is 3. The summed E-state index contributed by atoms with van der Waals surface area (Å²) in [5.41, 5.74) is 7.17. The first-order chi connectivity index (χ1) is 11.7. The fraction of sp³-hybridized carbons (Fsp3) is 0. The van der Waals surface area contributed by atoms with Gasteiger partial charge in [-0.25, -0.2) is 15.0 Å². The number of carbonyl (C=O) groups excluding carboxylic acids is 1. The van der Waals surface area contributed by atoms with E-state index in [0.717, 1.165) is 15.1 Å². The minimum Gasteiger partial charge on any atom is -0.368 e. The third kappa shape index (κ3) is 2.84. The van der Waals surface area contributed by atoms with Crippen LogP contribution in [-0.4, -0.2) is 20.9 Å². The second-order valence-electron chi connectivity index (χ2n) is 4.90. The van der Waals surface area contributed by atoms with Crippen LogP contribution in [0, 0.1) is 0 Å². The van der Waals surface area contributed by atoms with Crippen LogP contribution >= 0.6 is 22.7 Å². The highest BCUT2D eigenvalue weighted by Crippen LogP contribution is 2.29. The van der Waals surface area contributed by atoms with Crippen LogP contribution in [-0.2, 0) is 0 Å². The summed E-state index contributed by atoms with van der Waals surface area (Å²) in [6.45, 7) is 0. The van der Waals surface area contributed by atoms with Crippen molar-refractivity contribution in [2.45, 2.75) is 0 Å². The Morgan fingerprint density at radius 3 is 2.75 bits per heavy atom. The number of thiazole rings is 1. The van der Waals surface area contributed by atoms with E-state index in [2.05, 4.69) is 20.3 Å². The van der Waals surface area contributed by atoms with Gasteiger partial charge in [0.2, 0.25) is 5.95 Å². The Balaban J connectivity index is 1.56. The summed E-state index contributed by atoms with van der Waals surface area (Å²) < 4.78 is 1.04. The van der Waals surface area contributed by atoms with Gasteiger partial charge in [0.1, 0.15) is 0 Å². The molecular formula is C16H11N5OS2. The van der Waals surface area contributed by atoms with Crippen molar-refractivity contribution in [3.63, 3.8) is 0 Å². The van der Waals surface area contributed by atoms with Gasteiger partial charge in [0.25, 0.3) is 5.91 Å². The summed E-state index contributed by atoms with van der Waals surface area (Å²) in [4.78, 5) is 26.3. The van der Waals surface area contributed by atoms with E-state index in [9.17, 15) is 4.79 Å². The van der Waals surface area contributed by atoms with Crippen LogP contribution in [0.5, 0.6) is 0 Å². The van der Waals surface area contributed by atoms with Crippen molar-refractivity contribution >= 4 is 49.9 Å². The molecule has 4 aromatic rings. The Morgan fingerprint density at radius 1 is 1.04 bits per heavy atom. The quantitative estimate of drug-likeness (QED) is 0.586. The average molecular weight is 353 g/mol. The zero-order valence-electron chi connectivity index (χ0n) is 12.3. The van der Waals surface area contributed by atoms with Crippen molar-refractivity contribution in [1.82, 2.24) is 15.0 Å². The number of amides is 1. The topological polar surface area (TPSA) is 93.8 Å². The molecule has 0 aliphatic carbocycles. The van der Waals surface area contributed by atoms with Crippen LogP contribution < -0.4 is 11.1 Å². The lowest BCUT2D eigenvalue weighted by Crippen LogP contribution is -2.09. The molecule has 8 heteroatoms. The van der Waals surface area contributed by atoms with Crippen molar-refractivity contribution in [3.8, 4) is 10.6 Å². The van der Waals surface area contributed by atoms with Gasteiger partial charge in [0, 0.05) is 6.20 Å². The second-order valence-corrected chi connectivity index (χ2v) is 7.02. The summed E-state index contributed by atoms with van der Waals surface area (Å²) in [6.07, 6.45) is 1.60. The SMILES string of the molecule is Nc1nccc(-c2ccc(C(=O)Nc3nc4ccccc4s3)s2)n1. The molecule has 4 rings (SSSR count). The zero-order chi connectivity index (χ0) is 16.5. The second kappa shape index (κ2) is 5.99. The number of para-hydroxylation sites is 1. The third-order valence-electron chi connectivity index (χ3n) is 3.27. The molecule has 0 fully saturated rings. The van der Waals surface area contributed by atoms with E-state index in [1.54, 1.807) is 18.3 Å². The van der Waals surface area contributed by atoms with Gasteiger partial charge in [0.05, 0.1) is 25.7 Å². The van der Waals surface area contributed by atoms with E-state index in [-0.39, 0.29) is 11.9 Å². The van der Waals surface area contributed by atoms with Gasteiger partial charge < -0.3 is 5.73 Å². The summed E-state index contributed by atoms with van der Waals surface area (Å²) in [6, 6.07) is 13.1. The van der Waals surface area contributed by atoms with Gasteiger partial charge in [0.15, 0.2) is 5.13 Å². The molecular weight excluding hydrogens is 342 g/mol. The van der Waals surface area contributed by atoms with Crippen LogP contribution in [0.15, 0.2) is 48.7 Å². The first-order valence-electron chi connectivity index (χ1n) is 7.05. The molecule has 118 valence electrons. The minimum absolute atomic E-state index is 0.188. The van der Waals surface area contributed by atoms with E-state index >= 15 is 0 Å². The number of benzene rings is 1. The molecule has 0 spiro atoms. The van der Waals surface area contributed by atoms with Crippen molar-refractivity contribution in [2.75, 3.05) is 11.1 Å². The molecule has 3 N–H and O–H groups in total. The standard InChI is InChI=1S/C16H11N5OS2/c17-15-18-8-7-10(19-15)12-5-6-13(23-12)14(22)21-16-20-9-3-1-2-4-11(9)24-16/h1-8H,(H2,17,18,19)(H,20,21,22). The molecule has 0 aliphatic heterocycles. The monoisotopic (exact) mass is 353 g/mol. The largest absolute Gasteiger partial charge is 0.368 e. The number of nitrogen functional groups attached to an aromatic ring is 1. The van der Waals surface area contributed by atoms with Crippen molar-refractivity contribution in [1.29, 1.82) is 0 Å². The number of thiophene rings is 1. The summed E-state index contributed by atoms with van der Waals surface area (Å²) >= 11 is 2.80. The number of aromatic nitrogens is 3. The fourth-order valence-electron chi connectivity index (χ4n) is 2.19. The molecule has 1 aromatic carbocycles. The van der Waals surface area contributed by atoms with E-state index in [0.29, 0.717) is 15.7 Å². The molecule has 0 aliphatic rings. The Hall–Kier alpha value is -2.84. The molecule has 0 bridgehead atoms. The Labute approximate surface area is 145 Å². The van der Waals surface area contributed by atoms with Gasteiger partial charge in [-0.3, -0.25) is 10.1 Å². The summed E-state index contributed by atoms with van der Waals surface area (Å²) in [5, 5.41) is 3.43. The molecule has 0 saturated heterocycles. The lowest BCUT2D eigenvalue weighted by atomic mass is 10.3. The normalized spacial score (nSPS) is 10.8. The van der Waals surface area contributed by atoms with Crippen LogP contribution in [0.2, 0.25) is 0 Å². The van der Waals surface area contributed by atoms with E-state index in [1.807, 2.05) is 30.3 Å². The average Bonchev–Trinajstić information content (AvgIpc) is 3.21. The number of hydrogen-bond donors (Lipinski definition) is 2. The number of rotatable bonds is 3. The lowest BCUT2D eigenvalue weighted by Gasteiger charge is -1.98. The predicted octanol–water partition coefficient (Wildman–Crippen LogP) is 3.65. The Kier molecular flexibility index (Phi) is 3.68. The fourth-order valence-corrected chi connectivity index (χ4v) is 3.92. The highest BCUT2D eigenvalue weighted by Gasteiger charge is 2.13.